The van der Waals surface area contributed by atoms with Gasteiger partial charge in [-0.3, -0.25) is 0 Å². The van der Waals surface area contributed by atoms with Gasteiger partial charge in [-0.1, -0.05) is 30.3 Å². The Morgan fingerprint density at radius 3 is 2.52 bits per heavy atom. The van der Waals surface area contributed by atoms with Crippen molar-refractivity contribution in [1.29, 1.82) is 0 Å². The summed E-state index contributed by atoms with van der Waals surface area (Å²) < 4.78 is 7.46. The van der Waals surface area contributed by atoms with E-state index in [1.807, 2.05) is 44.4 Å². The van der Waals surface area contributed by atoms with Crippen LogP contribution >= 0.6 is 0 Å². The number of hydrogen-bond donors (Lipinski definition) is 0. The SMILES string of the molecule is COc1nccc(C)c1-c1ncc(-c2ccccc2)n1C. The maximum absolute atomic E-state index is 5.39. The van der Waals surface area contributed by atoms with E-state index >= 15 is 0 Å². The first-order chi connectivity index (χ1) is 10.2. The molecule has 0 aliphatic rings. The van der Waals surface area contributed by atoms with Gasteiger partial charge >= 0.3 is 0 Å². The molecule has 2 aromatic heterocycles. The van der Waals surface area contributed by atoms with Crippen LogP contribution in [0.3, 0.4) is 0 Å². The number of aryl methyl sites for hydroxylation is 1. The second-order valence-electron chi connectivity index (χ2n) is 4.90. The molecule has 4 heteroatoms. The number of rotatable bonds is 3. The third kappa shape index (κ3) is 2.29. The molecule has 0 aliphatic carbocycles. The van der Waals surface area contributed by atoms with Gasteiger partial charge in [0.1, 0.15) is 5.82 Å². The zero-order chi connectivity index (χ0) is 14.8. The van der Waals surface area contributed by atoms with E-state index in [1.165, 1.54) is 0 Å². The monoisotopic (exact) mass is 279 g/mol. The summed E-state index contributed by atoms with van der Waals surface area (Å²) in [6, 6.07) is 12.2. The molecule has 0 saturated carbocycles. The van der Waals surface area contributed by atoms with Crippen LogP contribution in [0.5, 0.6) is 5.88 Å². The molecule has 0 spiro atoms. The van der Waals surface area contributed by atoms with E-state index in [1.54, 1.807) is 13.3 Å². The molecule has 0 amide bonds. The second-order valence-corrected chi connectivity index (χ2v) is 4.90. The number of imidazole rings is 1. The molecular formula is C17H17N3O. The highest BCUT2D eigenvalue weighted by Gasteiger charge is 2.17. The summed E-state index contributed by atoms with van der Waals surface area (Å²) in [6.45, 7) is 2.04. The maximum Gasteiger partial charge on any atom is 0.224 e. The topological polar surface area (TPSA) is 39.9 Å². The molecule has 2 heterocycles. The molecule has 4 nitrogen and oxygen atoms in total. The van der Waals surface area contributed by atoms with E-state index < -0.39 is 0 Å². The highest BCUT2D eigenvalue weighted by Crippen LogP contribution is 2.32. The predicted octanol–water partition coefficient (Wildman–Crippen LogP) is 3.47. The van der Waals surface area contributed by atoms with E-state index in [9.17, 15) is 0 Å². The third-order valence-electron chi connectivity index (χ3n) is 3.60. The molecular weight excluding hydrogens is 262 g/mol. The van der Waals surface area contributed by atoms with Gasteiger partial charge in [-0.2, -0.15) is 0 Å². The van der Waals surface area contributed by atoms with Crippen molar-refractivity contribution < 1.29 is 4.74 Å². The van der Waals surface area contributed by atoms with Gasteiger partial charge in [0.05, 0.1) is 24.6 Å². The first kappa shape index (κ1) is 13.4. The van der Waals surface area contributed by atoms with Crippen molar-refractivity contribution >= 4 is 0 Å². The molecule has 0 saturated heterocycles. The lowest BCUT2D eigenvalue weighted by Gasteiger charge is -2.11. The van der Waals surface area contributed by atoms with Crippen LogP contribution in [0.15, 0.2) is 48.8 Å². The lowest BCUT2D eigenvalue weighted by Crippen LogP contribution is -2.00. The summed E-state index contributed by atoms with van der Waals surface area (Å²) in [5, 5.41) is 0. The normalized spacial score (nSPS) is 10.6. The summed E-state index contributed by atoms with van der Waals surface area (Å²) in [5.41, 5.74) is 4.23. The van der Waals surface area contributed by atoms with Gasteiger partial charge in [0, 0.05) is 13.2 Å². The van der Waals surface area contributed by atoms with Crippen molar-refractivity contribution in [2.24, 2.45) is 7.05 Å². The number of aromatic nitrogens is 3. The summed E-state index contributed by atoms with van der Waals surface area (Å²) in [5.74, 6) is 1.46. The Morgan fingerprint density at radius 1 is 1.05 bits per heavy atom. The van der Waals surface area contributed by atoms with Crippen LogP contribution in [0.1, 0.15) is 5.56 Å². The van der Waals surface area contributed by atoms with Crippen molar-refractivity contribution in [1.82, 2.24) is 14.5 Å². The summed E-state index contributed by atoms with van der Waals surface area (Å²) in [7, 11) is 3.64. The first-order valence-electron chi connectivity index (χ1n) is 6.79. The van der Waals surface area contributed by atoms with E-state index in [0.29, 0.717) is 5.88 Å². The van der Waals surface area contributed by atoms with Crippen LogP contribution in [0.25, 0.3) is 22.6 Å². The lowest BCUT2D eigenvalue weighted by atomic mass is 10.1. The Kier molecular flexibility index (Phi) is 3.44. The smallest absolute Gasteiger partial charge is 0.224 e. The average Bonchev–Trinajstić information content (AvgIpc) is 2.89. The lowest BCUT2D eigenvalue weighted by molar-refractivity contribution is 0.399. The van der Waals surface area contributed by atoms with Crippen molar-refractivity contribution in [3.05, 3.63) is 54.4 Å². The fourth-order valence-electron chi connectivity index (χ4n) is 2.48. The van der Waals surface area contributed by atoms with Crippen LogP contribution in [-0.2, 0) is 7.05 Å². The first-order valence-corrected chi connectivity index (χ1v) is 6.79. The molecule has 0 aliphatic heterocycles. The maximum atomic E-state index is 5.39. The van der Waals surface area contributed by atoms with Crippen LogP contribution in [-0.4, -0.2) is 21.6 Å². The van der Waals surface area contributed by atoms with Gasteiger partial charge in [0.2, 0.25) is 5.88 Å². The van der Waals surface area contributed by atoms with Crippen LogP contribution < -0.4 is 4.74 Å². The number of methoxy groups -OCH3 is 1. The van der Waals surface area contributed by atoms with Gasteiger partial charge in [-0.05, 0) is 24.1 Å². The molecule has 0 atom stereocenters. The van der Waals surface area contributed by atoms with E-state index in [2.05, 4.69) is 26.7 Å². The Morgan fingerprint density at radius 2 is 1.81 bits per heavy atom. The minimum Gasteiger partial charge on any atom is -0.480 e. The number of nitrogens with zero attached hydrogens (tertiary/aromatic N) is 3. The number of benzene rings is 1. The molecule has 0 radical (unpaired) electrons. The fourth-order valence-corrected chi connectivity index (χ4v) is 2.48. The molecule has 1 aromatic carbocycles. The molecule has 0 unspecified atom stereocenters. The van der Waals surface area contributed by atoms with Crippen LogP contribution in [0, 0.1) is 6.92 Å². The highest BCUT2D eigenvalue weighted by molar-refractivity contribution is 5.70. The second kappa shape index (κ2) is 5.40. The quantitative estimate of drug-likeness (QED) is 0.737. The van der Waals surface area contributed by atoms with Crippen molar-refractivity contribution in [3.8, 4) is 28.5 Å². The molecule has 106 valence electrons. The van der Waals surface area contributed by atoms with Gasteiger partial charge < -0.3 is 9.30 Å². The number of ether oxygens (including phenoxy) is 1. The Hall–Kier alpha value is -2.62. The van der Waals surface area contributed by atoms with Crippen molar-refractivity contribution in [3.63, 3.8) is 0 Å². The molecule has 0 bridgehead atoms. The fraction of sp³-hybridized carbons (Fsp3) is 0.176. The molecule has 21 heavy (non-hydrogen) atoms. The van der Waals surface area contributed by atoms with Crippen LogP contribution in [0.4, 0.5) is 0 Å². The largest absolute Gasteiger partial charge is 0.480 e. The van der Waals surface area contributed by atoms with Crippen LogP contribution in [0.2, 0.25) is 0 Å². The Bertz CT molecular complexity index is 763. The predicted molar refractivity (Wildman–Crippen MR) is 83.2 cm³/mol. The summed E-state index contributed by atoms with van der Waals surface area (Å²) >= 11 is 0. The number of pyridine rings is 1. The molecule has 3 aromatic rings. The standard InChI is InChI=1S/C17H17N3O/c1-12-9-10-18-17(21-3)15(12)16-19-11-14(20(16)2)13-7-5-4-6-8-13/h4-11H,1-3H3. The van der Waals surface area contributed by atoms with Gasteiger partial charge in [-0.15, -0.1) is 0 Å². The van der Waals surface area contributed by atoms with Gasteiger partial charge in [0.25, 0.3) is 0 Å². The van der Waals surface area contributed by atoms with E-state index in [0.717, 1.165) is 28.2 Å². The highest BCUT2D eigenvalue weighted by atomic mass is 16.5. The number of hydrogen-bond acceptors (Lipinski definition) is 3. The zero-order valence-corrected chi connectivity index (χ0v) is 12.4. The van der Waals surface area contributed by atoms with E-state index in [-0.39, 0.29) is 0 Å². The van der Waals surface area contributed by atoms with Crippen molar-refractivity contribution in [2.45, 2.75) is 6.92 Å². The average molecular weight is 279 g/mol. The Labute approximate surface area is 124 Å². The zero-order valence-electron chi connectivity index (χ0n) is 12.4. The van der Waals surface area contributed by atoms with Gasteiger partial charge in [0.15, 0.2) is 0 Å². The Balaban J connectivity index is 2.17. The summed E-state index contributed by atoms with van der Waals surface area (Å²) in [4.78, 5) is 8.86. The summed E-state index contributed by atoms with van der Waals surface area (Å²) in [6.07, 6.45) is 3.63. The third-order valence-corrected chi connectivity index (χ3v) is 3.60. The van der Waals surface area contributed by atoms with E-state index in [4.69, 9.17) is 4.74 Å². The minimum atomic E-state index is 0.600. The molecule has 3 rings (SSSR count). The van der Waals surface area contributed by atoms with Gasteiger partial charge in [-0.25, -0.2) is 9.97 Å². The minimum absolute atomic E-state index is 0.600. The molecule has 0 fully saturated rings. The molecule has 0 N–H and O–H groups in total. The van der Waals surface area contributed by atoms with Crippen molar-refractivity contribution in [2.75, 3.05) is 7.11 Å².